The van der Waals surface area contributed by atoms with Gasteiger partial charge in [0.15, 0.2) is 0 Å². The Kier molecular flexibility index (Phi) is 3.47. The van der Waals surface area contributed by atoms with Crippen molar-refractivity contribution in [3.63, 3.8) is 0 Å². The molecule has 0 radical (unpaired) electrons. The van der Waals surface area contributed by atoms with E-state index in [-0.39, 0.29) is 0 Å². The second-order valence-electron chi connectivity index (χ2n) is 4.51. The van der Waals surface area contributed by atoms with E-state index in [0.29, 0.717) is 6.04 Å². The number of aromatic nitrogens is 1. The molecule has 0 aliphatic carbocycles. The minimum atomic E-state index is 0.341. The zero-order valence-corrected chi connectivity index (χ0v) is 11.7. The molecule has 0 fully saturated rings. The fraction of sp³-hybridized carbons (Fsp3) is 0.188. The molecule has 96 valence electrons. The van der Waals surface area contributed by atoms with Gasteiger partial charge >= 0.3 is 0 Å². The number of para-hydroxylation sites is 1. The Morgan fingerprint density at radius 1 is 1.11 bits per heavy atom. The molecule has 3 rings (SSSR count). The number of rotatable bonds is 4. The lowest BCUT2D eigenvalue weighted by Crippen LogP contribution is -2.09. The third kappa shape index (κ3) is 2.61. The number of hydrogen-bond donors (Lipinski definition) is 1. The Labute approximate surface area is 117 Å². The van der Waals surface area contributed by atoms with E-state index in [1.165, 1.54) is 10.3 Å². The van der Waals surface area contributed by atoms with Crippen molar-refractivity contribution in [1.82, 2.24) is 4.98 Å². The quantitative estimate of drug-likeness (QED) is 0.731. The number of anilines is 1. The maximum atomic E-state index is 4.67. The van der Waals surface area contributed by atoms with Crippen LogP contribution in [0.15, 0.2) is 53.9 Å². The Morgan fingerprint density at radius 3 is 2.79 bits per heavy atom. The van der Waals surface area contributed by atoms with E-state index in [9.17, 15) is 0 Å². The zero-order valence-electron chi connectivity index (χ0n) is 10.8. The van der Waals surface area contributed by atoms with Crippen LogP contribution in [0.2, 0.25) is 0 Å². The number of hydrogen-bond acceptors (Lipinski definition) is 3. The normalized spacial score (nSPS) is 12.5. The number of fused-ring (bicyclic) bond motifs is 1. The molecule has 1 aromatic carbocycles. The van der Waals surface area contributed by atoms with E-state index >= 15 is 0 Å². The largest absolute Gasteiger partial charge is 0.362 e. The molecule has 0 aliphatic rings. The first-order valence-corrected chi connectivity index (χ1v) is 7.40. The predicted molar refractivity (Wildman–Crippen MR) is 82.7 cm³/mol. The molecule has 0 saturated carbocycles. The van der Waals surface area contributed by atoms with Crippen LogP contribution in [0, 0.1) is 0 Å². The summed E-state index contributed by atoms with van der Waals surface area (Å²) < 4.78 is 0. The fourth-order valence-electron chi connectivity index (χ4n) is 2.19. The van der Waals surface area contributed by atoms with Gasteiger partial charge < -0.3 is 5.32 Å². The molecule has 2 heterocycles. The van der Waals surface area contributed by atoms with E-state index in [0.717, 1.165) is 17.8 Å². The number of benzene rings is 1. The third-order valence-corrected chi connectivity index (χ3v) is 4.20. The van der Waals surface area contributed by atoms with Gasteiger partial charge in [-0.25, -0.2) is 4.98 Å². The van der Waals surface area contributed by atoms with Gasteiger partial charge in [0.25, 0.3) is 0 Å². The monoisotopic (exact) mass is 268 g/mol. The lowest BCUT2D eigenvalue weighted by Gasteiger charge is -2.16. The van der Waals surface area contributed by atoms with Crippen LogP contribution in [0.25, 0.3) is 10.9 Å². The lowest BCUT2D eigenvalue weighted by atomic mass is 10.2. The molecule has 0 bridgehead atoms. The molecule has 3 aromatic rings. The molecule has 1 atom stereocenters. The lowest BCUT2D eigenvalue weighted by molar-refractivity contribution is 0.759. The maximum absolute atomic E-state index is 4.67. The van der Waals surface area contributed by atoms with Crippen molar-refractivity contribution in [2.75, 3.05) is 5.32 Å². The SMILES string of the molecule is CCC(Nc1ccc2ccccc2n1)c1cccs1. The van der Waals surface area contributed by atoms with Crippen LogP contribution in [0.3, 0.4) is 0 Å². The summed E-state index contributed by atoms with van der Waals surface area (Å²) >= 11 is 1.79. The summed E-state index contributed by atoms with van der Waals surface area (Å²) in [4.78, 5) is 6.03. The summed E-state index contributed by atoms with van der Waals surface area (Å²) in [6.45, 7) is 2.19. The Hall–Kier alpha value is -1.87. The van der Waals surface area contributed by atoms with Gasteiger partial charge in [-0.1, -0.05) is 31.2 Å². The number of thiophene rings is 1. The molecule has 3 heteroatoms. The van der Waals surface area contributed by atoms with Gasteiger partial charge in [0, 0.05) is 10.3 Å². The van der Waals surface area contributed by atoms with Crippen LogP contribution >= 0.6 is 11.3 Å². The summed E-state index contributed by atoms with van der Waals surface area (Å²) in [5.41, 5.74) is 1.04. The van der Waals surface area contributed by atoms with Gasteiger partial charge in [0.1, 0.15) is 5.82 Å². The second-order valence-corrected chi connectivity index (χ2v) is 5.49. The first-order chi connectivity index (χ1) is 9.36. The topological polar surface area (TPSA) is 24.9 Å². The number of nitrogens with one attached hydrogen (secondary N) is 1. The highest BCUT2D eigenvalue weighted by Crippen LogP contribution is 2.26. The smallest absolute Gasteiger partial charge is 0.127 e. The van der Waals surface area contributed by atoms with Crippen molar-refractivity contribution in [2.24, 2.45) is 0 Å². The molecule has 0 amide bonds. The number of nitrogens with zero attached hydrogens (tertiary/aromatic N) is 1. The minimum Gasteiger partial charge on any atom is -0.362 e. The van der Waals surface area contributed by atoms with Crippen molar-refractivity contribution < 1.29 is 0 Å². The highest BCUT2D eigenvalue weighted by molar-refractivity contribution is 7.10. The van der Waals surface area contributed by atoms with Gasteiger partial charge in [0.05, 0.1) is 11.6 Å². The Morgan fingerprint density at radius 2 is 2.00 bits per heavy atom. The van der Waals surface area contributed by atoms with Crippen molar-refractivity contribution in [2.45, 2.75) is 19.4 Å². The van der Waals surface area contributed by atoms with E-state index in [2.05, 4.69) is 52.9 Å². The standard InChI is InChI=1S/C16H16N2S/c1-2-13(15-8-5-11-19-15)17-16-10-9-12-6-3-4-7-14(12)18-16/h3-11,13H,2H2,1H3,(H,17,18). The summed E-state index contributed by atoms with van der Waals surface area (Å²) in [5, 5.41) is 6.82. The van der Waals surface area contributed by atoms with Gasteiger partial charge in [-0.15, -0.1) is 11.3 Å². The molecule has 1 unspecified atom stereocenters. The van der Waals surface area contributed by atoms with Gasteiger partial charge in [-0.05, 0) is 36.1 Å². The van der Waals surface area contributed by atoms with Gasteiger partial charge in [-0.3, -0.25) is 0 Å². The summed E-state index contributed by atoms with van der Waals surface area (Å²) in [5.74, 6) is 0.943. The Balaban J connectivity index is 1.88. The third-order valence-electron chi connectivity index (χ3n) is 3.22. The molecule has 2 aromatic heterocycles. The summed E-state index contributed by atoms with van der Waals surface area (Å²) in [6.07, 6.45) is 1.05. The van der Waals surface area contributed by atoms with Crippen LogP contribution in [-0.2, 0) is 0 Å². The van der Waals surface area contributed by atoms with Crippen molar-refractivity contribution in [3.8, 4) is 0 Å². The molecule has 2 nitrogen and oxygen atoms in total. The summed E-state index contributed by atoms with van der Waals surface area (Å²) in [7, 11) is 0. The summed E-state index contributed by atoms with van der Waals surface area (Å²) in [6, 6.07) is 17.0. The van der Waals surface area contributed by atoms with E-state index in [1.54, 1.807) is 11.3 Å². The van der Waals surface area contributed by atoms with Gasteiger partial charge in [-0.2, -0.15) is 0 Å². The first-order valence-electron chi connectivity index (χ1n) is 6.52. The predicted octanol–water partition coefficient (Wildman–Crippen LogP) is 4.86. The van der Waals surface area contributed by atoms with Gasteiger partial charge in [0.2, 0.25) is 0 Å². The molecule has 19 heavy (non-hydrogen) atoms. The maximum Gasteiger partial charge on any atom is 0.127 e. The van der Waals surface area contributed by atoms with Crippen LogP contribution in [-0.4, -0.2) is 4.98 Å². The van der Waals surface area contributed by atoms with E-state index in [4.69, 9.17) is 0 Å². The van der Waals surface area contributed by atoms with Crippen molar-refractivity contribution >= 4 is 28.1 Å². The van der Waals surface area contributed by atoms with Crippen LogP contribution in [0.1, 0.15) is 24.3 Å². The van der Waals surface area contributed by atoms with Crippen molar-refractivity contribution in [1.29, 1.82) is 0 Å². The number of pyridine rings is 1. The van der Waals surface area contributed by atoms with Crippen molar-refractivity contribution in [3.05, 3.63) is 58.8 Å². The molecular weight excluding hydrogens is 252 g/mol. The molecule has 0 saturated heterocycles. The second kappa shape index (κ2) is 5.41. The molecule has 1 N–H and O–H groups in total. The highest BCUT2D eigenvalue weighted by atomic mass is 32.1. The molecule has 0 spiro atoms. The van der Waals surface area contributed by atoms with Crippen LogP contribution < -0.4 is 5.32 Å². The van der Waals surface area contributed by atoms with E-state index < -0.39 is 0 Å². The molecule has 0 aliphatic heterocycles. The first kappa shape index (κ1) is 12.2. The van der Waals surface area contributed by atoms with Crippen LogP contribution in [0.4, 0.5) is 5.82 Å². The average molecular weight is 268 g/mol. The Bertz CT molecular complexity index is 661. The fourth-order valence-corrected chi connectivity index (χ4v) is 3.05. The average Bonchev–Trinajstić information content (AvgIpc) is 2.98. The highest BCUT2D eigenvalue weighted by Gasteiger charge is 2.10. The zero-order chi connectivity index (χ0) is 13.1. The molecular formula is C16H16N2S. The minimum absolute atomic E-state index is 0.341. The van der Waals surface area contributed by atoms with Crippen LogP contribution in [0.5, 0.6) is 0 Å². The van der Waals surface area contributed by atoms with E-state index in [1.807, 2.05) is 18.2 Å².